The highest BCUT2D eigenvalue weighted by molar-refractivity contribution is 5.08. The van der Waals surface area contributed by atoms with Gasteiger partial charge in [0.2, 0.25) is 0 Å². The number of nitrogens with one attached hydrogen (secondary N) is 1. The van der Waals surface area contributed by atoms with E-state index in [1.165, 1.54) is 0 Å². The van der Waals surface area contributed by atoms with Crippen molar-refractivity contribution in [2.75, 3.05) is 27.2 Å². The molecular formula is C11H20N2O. The van der Waals surface area contributed by atoms with Gasteiger partial charge in [0.25, 0.3) is 0 Å². The summed E-state index contributed by atoms with van der Waals surface area (Å²) in [4.78, 5) is 2.16. The lowest BCUT2D eigenvalue weighted by atomic mass is 10.2. The lowest BCUT2D eigenvalue weighted by Crippen LogP contribution is -2.28. The van der Waals surface area contributed by atoms with Crippen molar-refractivity contribution >= 4 is 0 Å². The van der Waals surface area contributed by atoms with E-state index in [1.807, 2.05) is 19.1 Å². The molecule has 0 amide bonds. The predicted molar refractivity (Wildman–Crippen MR) is 58.4 cm³/mol. The van der Waals surface area contributed by atoms with E-state index in [9.17, 15) is 0 Å². The first-order chi connectivity index (χ1) is 6.59. The molecule has 1 N–H and O–H groups in total. The highest BCUT2D eigenvalue weighted by atomic mass is 16.3. The summed E-state index contributed by atoms with van der Waals surface area (Å²) >= 11 is 0. The molecule has 14 heavy (non-hydrogen) atoms. The Morgan fingerprint density at radius 1 is 1.43 bits per heavy atom. The molecule has 0 aliphatic carbocycles. The van der Waals surface area contributed by atoms with Crippen LogP contribution in [0.4, 0.5) is 0 Å². The minimum absolute atomic E-state index is 0.295. The van der Waals surface area contributed by atoms with Crippen LogP contribution < -0.4 is 5.32 Å². The molecule has 0 fully saturated rings. The Morgan fingerprint density at radius 3 is 2.64 bits per heavy atom. The lowest BCUT2D eigenvalue weighted by Gasteiger charge is -2.14. The van der Waals surface area contributed by atoms with Crippen molar-refractivity contribution in [3.63, 3.8) is 0 Å². The molecule has 0 aliphatic rings. The summed E-state index contributed by atoms with van der Waals surface area (Å²) in [5, 5.41) is 3.41. The fourth-order valence-electron chi connectivity index (χ4n) is 1.29. The SMILES string of the molecule is Cc1ccc(C(C)NCCN(C)C)o1. The van der Waals surface area contributed by atoms with Crippen LogP contribution in [0, 0.1) is 6.92 Å². The van der Waals surface area contributed by atoms with Gasteiger partial charge in [-0.05, 0) is 40.1 Å². The first-order valence-electron chi connectivity index (χ1n) is 5.04. The summed E-state index contributed by atoms with van der Waals surface area (Å²) in [5.41, 5.74) is 0. The van der Waals surface area contributed by atoms with Crippen molar-refractivity contribution in [1.82, 2.24) is 10.2 Å². The Kier molecular flexibility index (Phi) is 4.17. The third-order valence-electron chi connectivity index (χ3n) is 2.20. The molecule has 0 spiro atoms. The van der Waals surface area contributed by atoms with Gasteiger partial charge in [-0.3, -0.25) is 0 Å². The Hall–Kier alpha value is -0.800. The second-order valence-corrected chi connectivity index (χ2v) is 3.93. The summed E-state index contributed by atoms with van der Waals surface area (Å²) in [7, 11) is 4.15. The molecule has 1 unspecified atom stereocenters. The first-order valence-corrected chi connectivity index (χ1v) is 5.04. The van der Waals surface area contributed by atoms with E-state index in [0.717, 1.165) is 24.6 Å². The first kappa shape index (κ1) is 11.3. The molecule has 0 saturated carbocycles. The van der Waals surface area contributed by atoms with Crippen LogP contribution in [0.2, 0.25) is 0 Å². The van der Waals surface area contributed by atoms with Crippen LogP contribution in [0.1, 0.15) is 24.5 Å². The summed E-state index contributed by atoms with van der Waals surface area (Å²) in [6, 6.07) is 4.32. The molecule has 3 heteroatoms. The molecule has 1 aromatic heterocycles. The topological polar surface area (TPSA) is 28.4 Å². The second kappa shape index (κ2) is 5.17. The summed E-state index contributed by atoms with van der Waals surface area (Å²) in [6.07, 6.45) is 0. The molecule has 3 nitrogen and oxygen atoms in total. The Labute approximate surface area is 86.1 Å². The largest absolute Gasteiger partial charge is 0.465 e. The second-order valence-electron chi connectivity index (χ2n) is 3.93. The van der Waals surface area contributed by atoms with E-state index in [0.29, 0.717) is 6.04 Å². The highest BCUT2D eigenvalue weighted by Crippen LogP contribution is 2.14. The van der Waals surface area contributed by atoms with Crippen LogP contribution in [0.15, 0.2) is 16.5 Å². The van der Waals surface area contributed by atoms with Crippen LogP contribution in [-0.4, -0.2) is 32.1 Å². The fraction of sp³-hybridized carbons (Fsp3) is 0.636. The van der Waals surface area contributed by atoms with Gasteiger partial charge in [0.05, 0.1) is 6.04 Å². The molecule has 0 aromatic carbocycles. The third kappa shape index (κ3) is 3.52. The maximum Gasteiger partial charge on any atom is 0.120 e. The van der Waals surface area contributed by atoms with E-state index in [1.54, 1.807) is 0 Å². The van der Waals surface area contributed by atoms with Gasteiger partial charge in [0, 0.05) is 13.1 Å². The zero-order chi connectivity index (χ0) is 10.6. The van der Waals surface area contributed by atoms with Crippen molar-refractivity contribution in [1.29, 1.82) is 0 Å². The minimum Gasteiger partial charge on any atom is -0.465 e. The monoisotopic (exact) mass is 196 g/mol. The Balaban J connectivity index is 2.32. The van der Waals surface area contributed by atoms with Crippen molar-refractivity contribution in [2.45, 2.75) is 19.9 Å². The maximum absolute atomic E-state index is 5.53. The number of hydrogen-bond donors (Lipinski definition) is 1. The van der Waals surface area contributed by atoms with Gasteiger partial charge in [-0.25, -0.2) is 0 Å². The molecular weight excluding hydrogens is 176 g/mol. The van der Waals surface area contributed by atoms with Gasteiger partial charge in [-0.1, -0.05) is 0 Å². The van der Waals surface area contributed by atoms with Gasteiger partial charge >= 0.3 is 0 Å². The van der Waals surface area contributed by atoms with Crippen molar-refractivity contribution in [3.8, 4) is 0 Å². The summed E-state index contributed by atoms with van der Waals surface area (Å²) in [5.74, 6) is 1.99. The van der Waals surface area contributed by atoms with E-state index in [2.05, 4.69) is 31.2 Å². The molecule has 0 aliphatic heterocycles. The van der Waals surface area contributed by atoms with E-state index >= 15 is 0 Å². The number of furan rings is 1. The van der Waals surface area contributed by atoms with Gasteiger partial charge in [0.15, 0.2) is 0 Å². The number of hydrogen-bond acceptors (Lipinski definition) is 3. The zero-order valence-corrected chi connectivity index (χ0v) is 9.50. The maximum atomic E-state index is 5.53. The smallest absolute Gasteiger partial charge is 0.120 e. The lowest BCUT2D eigenvalue weighted by molar-refractivity contribution is 0.367. The third-order valence-corrected chi connectivity index (χ3v) is 2.20. The van der Waals surface area contributed by atoms with Gasteiger partial charge in [-0.15, -0.1) is 0 Å². The normalized spacial score (nSPS) is 13.5. The van der Waals surface area contributed by atoms with Gasteiger partial charge in [0.1, 0.15) is 11.5 Å². The Bertz CT molecular complexity index is 268. The molecule has 1 heterocycles. The van der Waals surface area contributed by atoms with E-state index in [-0.39, 0.29) is 0 Å². The molecule has 80 valence electrons. The number of aryl methyl sites for hydroxylation is 1. The summed E-state index contributed by atoms with van der Waals surface area (Å²) < 4.78 is 5.53. The Morgan fingerprint density at radius 2 is 2.14 bits per heavy atom. The van der Waals surface area contributed by atoms with Crippen molar-refractivity contribution in [2.24, 2.45) is 0 Å². The standard InChI is InChI=1S/C11H20N2O/c1-9-5-6-11(14-9)10(2)12-7-8-13(3)4/h5-6,10,12H,7-8H2,1-4H3. The van der Waals surface area contributed by atoms with Crippen LogP contribution >= 0.6 is 0 Å². The highest BCUT2D eigenvalue weighted by Gasteiger charge is 2.07. The number of nitrogens with zero attached hydrogens (tertiary/aromatic N) is 1. The van der Waals surface area contributed by atoms with Gasteiger partial charge in [-0.2, -0.15) is 0 Å². The van der Waals surface area contributed by atoms with Crippen LogP contribution in [0.25, 0.3) is 0 Å². The fourth-order valence-corrected chi connectivity index (χ4v) is 1.29. The predicted octanol–water partition coefficient (Wildman–Crippen LogP) is 1.80. The van der Waals surface area contributed by atoms with E-state index < -0.39 is 0 Å². The number of rotatable bonds is 5. The van der Waals surface area contributed by atoms with Crippen LogP contribution in [-0.2, 0) is 0 Å². The van der Waals surface area contributed by atoms with Crippen molar-refractivity contribution < 1.29 is 4.42 Å². The number of likely N-dealkylation sites (N-methyl/N-ethyl adjacent to an activating group) is 1. The molecule has 0 bridgehead atoms. The molecule has 1 aromatic rings. The van der Waals surface area contributed by atoms with Gasteiger partial charge < -0.3 is 14.6 Å². The summed E-state index contributed by atoms with van der Waals surface area (Å²) in [6.45, 7) is 6.11. The van der Waals surface area contributed by atoms with E-state index in [4.69, 9.17) is 4.42 Å². The quantitative estimate of drug-likeness (QED) is 0.778. The van der Waals surface area contributed by atoms with Crippen LogP contribution in [0.3, 0.4) is 0 Å². The minimum atomic E-state index is 0.295. The van der Waals surface area contributed by atoms with Crippen molar-refractivity contribution in [3.05, 3.63) is 23.7 Å². The molecule has 0 radical (unpaired) electrons. The zero-order valence-electron chi connectivity index (χ0n) is 9.50. The molecule has 0 saturated heterocycles. The molecule has 1 rings (SSSR count). The van der Waals surface area contributed by atoms with Crippen LogP contribution in [0.5, 0.6) is 0 Å². The average molecular weight is 196 g/mol. The average Bonchev–Trinajstić information content (AvgIpc) is 2.51. The molecule has 1 atom stereocenters.